The number of hydrogen-bond donors (Lipinski definition) is 3. The maximum atomic E-state index is 13.2. The van der Waals surface area contributed by atoms with Crippen LogP contribution in [0.15, 0.2) is 70.4 Å². The maximum Gasteiger partial charge on any atom is 0.326 e. The summed E-state index contributed by atoms with van der Waals surface area (Å²) in [4.78, 5) is 29.0. The van der Waals surface area contributed by atoms with Gasteiger partial charge in [0.1, 0.15) is 6.04 Å². The van der Waals surface area contributed by atoms with Gasteiger partial charge in [-0.2, -0.15) is 12.8 Å². The number of benzene rings is 2. The molecule has 1 atom stereocenters. The van der Waals surface area contributed by atoms with Crippen molar-refractivity contribution in [2.24, 2.45) is 0 Å². The van der Waals surface area contributed by atoms with E-state index in [1.165, 1.54) is 24.5 Å². The fourth-order valence-electron chi connectivity index (χ4n) is 3.31. The molecule has 1 amide bonds. The van der Waals surface area contributed by atoms with Crippen molar-refractivity contribution in [2.75, 3.05) is 4.72 Å². The zero-order chi connectivity index (χ0) is 25.2. The normalized spacial score (nSPS) is 12.3. The minimum Gasteiger partial charge on any atom is -0.480 e. The van der Waals surface area contributed by atoms with Gasteiger partial charge >= 0.3 is 5.97 Å². The van der Waals surface area contributed by atoms with Crippen LogP contribution in [0.4, 0.5) is 5.69 Å². The standard InChI is InChI=1S/C22H16BrIN4O5S2/c23-13-3-1-2-12(8-13)9-18(22(30)31)27-20(29)15-5-4-14(24)10-17(15)28-35(32,33)21-16-11-26-34-19(16)6-7-25-21/h1-8,10-11,18,28H,9H2,(H,27,29)(H,30,31). The van der Waals surface area contributed by atoms with Crippen LogP contribution in [0, 0.1) is 3.57 Å². The number of nitrogens with one attached hydrogen (secondary N) is 2. The van der Waals surface area contributed by atoms with Crippen molar-refractivity contribution in [3.8, 4) is 0 Å². The first-order chi connectivity index (χ1) is 16.6. The molecule has 2 aromatic heterocycles. The van der Waals surface area contributed by atoms with Crippen molar-refractivity contribution in [1.82, 2.24) is 14.7 Å². The number of sulfonamides is 1. The molecule has 35 heavy (non-hydrogen) atoms. The van der Waals surface area contributed by atoms with E-state index in [9.17, 15) is 23.1 Å². The molecule has 9 nitrogen and oxygen atoms in total. The number of carboxylic acid groups (broad SMARTS) is 1. The van der Waals surface area contributed by atoms with E-state index >= 15 is 0 Å². The first-order valence-corrected chi connectivity index (χ1v) is 14.1. The molecule has 1 unspecified atom stereocenters. The fraction of sp³-hybridized carbons (Fsp3) is 0.0909. The Morgan fingerprint density at radius 2 is 1.97 bits per heavy atom. The molecule has 0 spiro atoms. The first kappa shape index (κ1) is 25.5. The first-order valence-electron chi connectivity index (χ1n) is 9.94. The minimum absolute atomic E-state index is 0.00276. The van der Waals surface area contributed by atoms with Crippen LogP contribution in [0.2, 0.25) is 0 Å². The Balaban J connectivity index is 1.63. The molecule has 0 fully saturated rings. The molecular formula is C22H16BrIN4O5S2. The van der Waals surface area contributed by atoms with E-state index in [2.05, 4.69) is 35.3 Å². The van der Waals surface area contributed by atoms with Gasteiger partial charge in [0.05, 0.1) is 27.5 Å². The molecule has 0 aliphatic rings. The van der Waals surface area contributed by atoms with Gasteiger partial charge in [-0.3, -0.25) is 9.52 Å². The van der Waals surface area contributed by atoms with Gasteiger partial charge in [-0.15, -0.1) is 0 Å². The molecule has 2 aromatic carbocycles. The highest BCUT2D eigenvalue weighted by atomic mass is 127. The SMILES string of the molecule is O=C(NC(Cc1cccc(Br)c1)C(=O)O)c1ccc(I)cc1NS(=O)(=O)c1nccc2sncc12. The van der Waals surface area contributed by atoms with E-state index in [1.54, 1.807) is 30.3 Å². The lowest BCUT2D eigenvalue weighted by atomic mass is 10.1. The Bertz CT molecular complexity index is 1540. The number of aliphatic carboxylic acids is 1. The lowest BCUT2D eigenvalue weighted by Gasteiger charge is -2.17. The summed E-state index contributed by atoms with van der Waals surface area (Å²) in [6.07, 6.45) is 2.84. The second kappa shape index (κ2) is 10.6. The van der Waals surface area contributed by atoms with Crippen molar-refractivity contribution in [2.45, 2.75) is 17.5 Å². The van der Waals surface area contributed by atoms with Gasteiger partial charge in [-0.05, 0) is 76.1 Å². The van der Waals surface area contributed by atoms with Crippen LogP contribution in [-0.2, 0) is 21.2 Å². The molecule has 3 N–H and O–H groups in total. The molecule has 0 saturated carbocycles. The molecular weight excluding hydrogens is 671 g/mol. The number of carboxylic acids is 1. The van der Waals surface area contributed by atoms with Gasteiger partial charge in [-0.25, -0.2) is 9.78 Å². The Kier molecular flexibility index (Phi) is 7.68. The van der Waals surface area contributed by atoms with Crippen molar-refractivity contribution < 1.29 is 23.1 Å². The average Bonchev–Trinajstić information content (AvgIpc) is 3.27. The van der Waals surface area contributed by atoms with Gasteiger partial charge < -0.3 is 10.4 Å². The molecule has 13 heteroatoms. The van der Waals surface area contributed by atoms with Crippen molar-refractivity contribution in [3.05, 3.63) is 80.1 Å². The van der Waals surface area contributed by atoms with E-state index in [-0.39, 0.29) is 22.7 Å². The lowest BCUT2D eigenvalue weighted by molar-refractivity contribution is -0.139. The van der Waals surface area contributed by atoms with E-state index in [0.717, 1.165) is 16.0 Å². The number of rotatable bonds is 8. The fourth-order valence-corrected chi connectivity index (χ4v) is 6.16. The van der Waals surface area contributed by atoms with Gasteiger partial charge in [0, 0.05) is 20.7 Å². The largest absolute Gasteiger partial charge is 0.480 e. The summed E-state index contributed by atoms with van der Waals surface area (Å²) in [5.41, 5.74) is 0.687. The van der Waals surface area contributed by atoms with E-state index in [1.807, 2.05) is 28.7 Å². The van der Waals surface area contributed by atoms with E-state index in [0.29, 0.717) is 19.2 Å². The quantitative estimate of drug-likeness (QED) is 0.235. The Morgan fingerprint density at radius 3 is 2.71 bits per heavy atom. The topological polar surface area (TPSA) is 138 Å². The third-order valence-electron chi connectivity index (χ3n) is 4.90. The molecule has 4 aromatic rings. The van der Waals surface area contributed by atoms with Crippen molar-refractivity contribution >= 4 is 87.7 Å². The number of halogens is 2. The summed E-state index contributed by atoms with van der Waals surface area (Å²) >= 11 is 6.47. The number of nitrogens with zero attached hydrogens (tertiary/aromatic N) is 2. The molecule has 0 radical (unpaired) electrons. The molecule has 180 valence electrons. The predicted octanol–water partition coefficient (Wildman–Crippen LogP) is 4.28. The molecule has 0 aliphatic heterocycles. The van der Waals surface area contributed by atoms with Crippen molar-refractivity contribution in [3.63, 3.8) is 0 Å². The van der Waals surface area contributed by atoms with Crippen LogP contribution in [0.25, 0.3) is 10.1 Å². The zero-order valence-corrected chi connectivity index (χ0v) is 23.0. The zero-order valence-electron chi connectivity index (χ0n) is 17.6. The van der Waals surface area contributed by atoms with Gasteiger partial charge in [0.15, 0.2) is 5.03 Å². The monoisotopic (exact) mass is 686 g/mol. The number of carbonyl (C=O) groups is 2. The molecule has 0 bridgehead atoms. The van der Waals surface area contributed by atoms with E-state index < -0.39 is 27.9 Å². The van der Waals surface area contributed by atoms with Gasteiger partial charge in [0.25, 0.3) is 15.9 Å². The van der Waals surface area contributed by atoms with Gasteiger partial charge in [-0.1, -0.05) is 28.1 Å². The number of fused-ring (bicyclic) bond motifs is 1. The Hall–Kier alpha value is -2.62. The molecule has 4 rings (SSSR count). The van der Waals surface area contributed by atoms with Crippen LogP contribution in [-0.4, -0.2) is 40.8 Å². The third-order valence-corrected chi connectivity index (χ3v) is 8.15. The molecule has 2 heterocycles. The number of aromatic nitrogens is 2. The highest BCUT2D eigenvalue weighted by molar-refractivity contribution is 14.1. The number of pyridine rings is 1. The predicted molar refractivity (Wildman–Crippen MR) is 144 cm³/mol. The third kappa shape index (κ3) is 5.97. The van der Waals surface area contributed by atoms with Crippen molar-refractivity contribution in [1.29, 1.82) is 0 Å². The van der Waals surface area contributed by atoms with Crippen LogP contribution in [0.1, 0.15) is 15.9 Å². The summed E-state index contributed by atoms with van der Waals surface area (Å²) in [6.45, 7) is 0. The summed E-state index contributed by atoms with van der Waals surface area (Å²) < 4.78 is 34.9. The Labute approximate surface area is 226 Å². The van der Waals surface area contributed by atoms with Crippen LogP contribution in [0.5, 0.6) is 0 Å². The highest BCUT2D eigenvalue weighted by Crippen LogP contribution is 2.27. The second-order valence-corrected chi connectivity index (χ2v) is 11.9. The van der Waals surface area contributed by atoms with Gasteiger partial charge in [0.2, 0.25) is 0 Å². The number of hydrogen-bond acceptors (Lipinski definition) is 7. The molecule has 0 saturated heterocycles. The summed E-state index contributed by atoms with van der Waals surface area (Å²) in [5, 5.41) is 12.3. The summed E-state index contributed by atoms with van der Waals surface area (Å²) in [5.74, 6) is -1.95. The second-order valence-electron chi connectivity index (χ2n) is 7.35. The maximum absolute atomic E-state index is 13.2. The smallest absolute Gasteiger partial charge is 0.326 e. The number of anilines is 1. The van der Waals surface area contributed by atoms with Crippen LogP contribution >= 0.6 is 50.1 Å². The highest BCUT2D eigenvalue weighted by Gasteiger charge is 2.26. The summed E-state index contributed by atoms with van der Waals surface area (Å²) in [6, 6.07) is 12.1. The molecule has 0 aliphatic carbocycles. The number of amides is 1. The minimum atomic E-state index is -4.18. The van der Waals surface area contributed by atoms with Crippen LogP contribution in [0.3, 0.4) is 0 Å². The average molecular weight is 687 g/mol. The Morgan fingerprint density at radius 1 is 1.17 bits per heavy atom. The summed E-state index contributed by atoms with van der Waals surface area (Å²) in [7, 11) is -4.18. The number of carbonyl (C=O) groups excluding carboxylic acids is 1. The van der Waals surface area contributed by atoms with E-state index in [4.69, 9.17) is 0 Å². The van der Waals surface area contributed by atoms with Crippen LogP contribution < -0.4 is 10.0 Å². The lowest BCUT2D eigenvalue weighted by Crippen LogP contribution is -2.42.